The van der Waals surface area contributed by atoms with E-state index in [1.54, 1.807) is 6.26 Å². The number of amides is 1. The molecule has 0 saturated carbocycles. The molecule has 1 heterocycles. The van der Waals surface area contributed by atoms with Crippen LogP contribution in [0.1, 0.15) is 28.6 Å². The molecule has 8 nitrogen and oxygen atoms in total. The lowest BCUT2D eigenvalue weighted by molar-refractivity contribution is -0.121. The third-order valence-electron chi connectivity index (χ3n) is 2.27. The van der Waals surface area contributed by atoms with Gasteiger partial charge in [-0.1, -0.05) is 11.8 Å². The maximum absolute atomic E-state index is 11.1. The molecule has 1 aromatic rings. The molecule has 2 atom stereocenters. The van der Waals surface area contributed by atoms with E-state index in [2.05, 4.69) is 9.97 Å². The first-order valence-electron chi connectivity index (χ1n) is 5.15. The molecule has 0 aliphatic carbocycles. The summed E-state index contributed by atoms with van der Waals surface area (Å²) < 4.78 is 0. The van der Waals surface area contributed by atoms with Gasteiger partial charge in [-0.25, -0.2) is 14.8 Å². The smallest absolute Gasteiger partial charge is 0.355 e. The second kappa shape index (κ2) is 6.45. The van der Waals surface area contributed by atoms with Crippen LogP contribution < -0.4 is 5.73 Å². The zero-order chi connectivity index (χ0) is 14.6. The van der Waals surface area contributed by atoms with Crippen LogP contribution in [0.4, 0.5) is 0 Å². The first-order chi connectivity index (χ1) is 8.86. The minimum atomic E-state index is -1.60. The molecule has 5 N–H and O–H groups in total. The summed E-state index contributed by atoms with van der Waals surface area (Å²) in [5, 5.41) is 28.6. The van der Waals surface area contributed by atoms with Gasteiger partial charge in [0, 0.05) is 11.8 Å². The molecule has 0 spiro atoms. The Kier molecular flexibility index (Phi) is 5.21. The third kappa shape index (κ3) is 3.88. The highest BCUT2D eigenvalue weighted by molar-refractivity contribution is 7.98. The average molecular weight is 287 g/mol. The van der Waals surface area contributed by atoms with E-state index in [4.69, 9.17) is 10.8 Å². The first-order valence-corrected chi connectivity index (χ1v) is 6.38. The highest BCUT2D eigenvalue weighted by Crippen LogP contribution is 2.22. The van der Waals surface area contributed by atoms with Gasteiger partial charge in [0.25, 0.3) is 0 Å². The lowest BCUT2D eigenvalue weighted by Gasteiger charge is -2.17. The van der Waals surface area contributed by atoms with Crippen LogP contribution in [0.2, 0.25) is 0 Å². The van der Waals surface area contributed by atoms with Gasteiger partial charge >= 0.3 is 5.97 Å². The van der Waals surface area contributed by atoms with Crippen molar-refractivity contribution in [3.8, 4) is 0 Å². The number of carboxylic acid groups (broad SMARTS) is 1. The Morgan fingerprint density at radius 1 is 1.47 bits per heavy atom. The van der Waals surface area contributed by atoms with Crippen LogP contribution in [0.3, 0.4) is 0 Å². The van der Waals surface area contributed by atoms with E-state index >= 15 is 0 Å². The highest BCUT2D eigenvalue weighted by atomic mass is 32.2. The molecule has 0 fully saturated rings. The minimum absolute atomic E-state index is 0.168. The lowest BCUT2D eigenvalue weighted by atomic mass is 10.0. The van der Waals surface area contributed by atoms with E-state index < -0.39 is 36.2 Å². The molecule has 1 aromatic heterocycles. The number of aromatic nitrogens is 2. The summed E-state index contributed by atoms with van der Waals surface area (Å²) in [6, 6.07) is 0. The van der Waals surface area contributed by atoms with Crippen molar-refractivity contribution in [1.29, 1.82) is 0 Å². The van der Waals surface area contributed by atoms with E-state index in [1.807, 2.05) is 0 Å². The van der Waals surface area contributed by atoms with Gasteiger partial charge in [-0.15, -0.1) is 0 Å². The number of carbonyl (C=O) groups is 2. The van der Waals surface area contributed by atoms with E-state index in [-0.39, 0.29) is 10.7 Å². The number of rotatable bonds is 6. The summed E-state index contributed by atoms with van der Waals surface area (Å²) >= 11 is 1.14. The van der Waals surface area contributed by atoms with E-state index in [9.17, 15) is 19.8 Å². The normalized spacial score (nSPS) is 13.8. The number of hydrogen-bond acceptors (Lipinski definition) is 7. The number of aromatic carboxylic acids is 1. The number of primary amides is 1. The summed E-state index contributed by atoms with van der Waals surface area (Å²) in [7, 11) is 0. The first kappa shape index (κ1) is 15.3. The molecule has 2 unspecified atom stereocenters. The van der Waals surface area contributed by atoms with Crippen LogP contribution in [0.15, 0.2) is 11.4 Å². The summed E-state index contributed by atoms with van der Waals surface area (Å²) in [5.74, 6) is -2.18. The summed E-state index contributed by atoms with van der Waals surface area (Å²) in [5.41, 5.74) is 4.30. The van der Waals surface area contributed by atoms with Gasteiger partial charge in [0.2, 0.25) is 5.91 Å². The van der Waals surface area contributed by atoms with Crippen LogP contribution in [-0.2, 0) is 4.79 Å². The number of aliphatic hydroxyl groups excluding tert-OH is 2. The Hall–Kier alpha value is -1.71. The Bertz CT molecular complexity index is 496. The monoisotopic (exact) mass is 287 g/mol. The summed E-state index contributed by atoms with van der Waals surface area (Å²) in [6.45, 7) is 0. The lowest BCUT2D eigenvalue weighted by Crippen LogP contribution is -2.27. The number of nitrogens with zero attached hydrogens (tertiary/aromatic N) is 2. The second-order valence-corrected chi connectivity index (χ2v) is 4.42. The predicted octanol–water partition coefficient (Wildman–Crippen LogP) is -0.834. The van der Waals surface area contributed by atoms with Crippen molar-refractivity contribution < 1.29 is 24.9 Å². The number of hydrogen-bond donors (Lipinski definition) is 4. The SMILES string of the molecule is CSc1ncc(C(O)C(O)CC(N)=O)c(C(=O)O)n1. The van der Waals surface area contributed by atoms with Crippen molar-refractivity contribution in [3.05, 3.63) is 17.5 Å². The van der Waals surface area contributed by atoms with Crippen LogP contribution in [0.25, 0.3) is 0 Å². The van der Waals surface area contributed by atoms with E-state index in [0.717, 1.165) is 18.0 Å². The van der Waals surface area contributed by atoms with Crippen LogP contribution in [0, 0.1) is 0 Å². The van der Waals surface area contributed by atoms with Crippen molar-refractivity contribution in [3.63, 3.8) is 0 Å². The van der Waals surface area contributed by atoms with Gasteiger partial charge in [0.1, 0.15) is 6.10 Å². The van der Waals surface area contributed by atoms with Crippen molar-refractivity contribution in [2.24, 2.45) is 5.73 Å². The fraction of sp³-hybridized carbons (Fsp3) is 0.400. The Labute approximate surface area is 112 Å². The van der Waals surface area contributed by atoms with Crippen molar-refractivity contribution in [2.45, 2.75) is 23.8 Å². The molecule has 0 radical (unpaired) electrons. The van der Waals surface area contributed by atoms with E-state index in [0.29, 0.717) is 0 Å². The molecule has 1 rings (SSSR count). The number of nitrogens with two attached hydrogens (primary N) is 1. The van der Waals surface area contributed by atoms with Gasteiger partial charge in [0.15, 0.2) is 10.9 Å². The minimum Gasteiger partial charge on any atom is -0.476 e. The third-order valence-corrected chi connectivity index (χ3v) is 2.84. The molecular weight excluding hydrogens is 274 g/mol. The Morgan fingerprint density at radius 3 is 2.58 bits per heavy atom. The predicted molar refractivity (Wildman–Crippen MR) is 65.6 cm³/mol. The molecule has 0 aromatic carbocycles. The maximum Gasteiger partial charge on any atom is 0.355 e. The van der Waals surface area contributed by atoms with Crippen molar-refractivity contribution in [1.82, 2.24) is 9.97 Å². The van der Waals surface area contributed by atoms with Crippen LogP contribution >= 0.6 is 11.8 Å². The number of carbonyl (C=O) groups excluding carboxylic acids is 1. The fourth-order valence-corrected chi connectivity index (χ4v) is 1.73. The fourth-order valence-electron chi connectivity index (χ4n) is 1.39. The quantitative estimate of drug-likeness (QED) is 0.391. The number of thioether (sulfide) groups is 1. The van der Waals surface area contributed by atoms with Gasteiger partial charge in [-0.05, 0) is 6.26 Å². The largest absolute Gasteiger partial charge is 0.476 e. The standard InChI is InChI=1S/C10H13N3O5S/c1-19-10-12-3-4(7(13-10)9(17)18)8(16)5(14)2-6(11)15/h3,5,8,14,16H,2H2,1H3,(H2,11,15)(H,17,18). The van der Waals surface area contributed by atoms with Crippen molar-refractivity contribution >= 4 is 23.6 Å². The second-order valence-electron chi connectivity index (χ2n) is 3.65. The van der Waals surface area contributed by atoms with Crippen LogP contribution in [-0.4, -0.2) is 49.5 Å². The van der Waals surface area contributed by atoms with Crippen molar-refractivity contribution in [2.75, 3.05) is 6.26 Å². The summed E-state index contributed by atoms with van der Waals surface area (Å²) in [6.07, 6.45) is -0.838. The number of carboxylic acids is 1. The molecule has 19 heavy (non-hydrogen) atoms. The number of aliphatic hydroxyl groups is 2. The van der Waals surface area contributed by atoms with Gasteiger partial charge in [-0.3, -0.25) is 4.79 Å². The topological polar surface area (TPSA) is 147 Å². The maximum atomic E-state index is 11.1. The summed E-state index contributed by atoms with van der Waals surface area (Å²) in [4.78, 5) is 29.3. The molecule has 0 bridgehead atoms. The van der Waals surface area contributed by atoms with Gasteiger partial charge in [0.05, 0.1) is 12.5 Å². The average Bonchev–Trinajstić information content (AvgIpc) is 2.36. The molecule has 0 saturated heterocycles. The van der Waals surface area contributed by atoms with Gasteiger partial charge < -0.3 is 21.1 Å². The zero-order valence-electron chi connectivity index (χ0n) is 9.98. The molecule has 0 aliphatic heterocycles. The Balaban J connectivity index is 3.11. The highest BCUT2D eigenvalue weighted by Gasteiger charge is 2.26. The molecule has 0 aliphatic rings. The van der Waals surface area contributed by atoms with E-state index in [1.165, 1.54) is 0 Å². The molecule has 1 amide bonds. The Morgan fingerprint density at radius 2 is 2.11 bits per heavy atom. The molecular formula is C10H13N3O5S. The zero-order valence-corrected chi connectivity index (χ0v) is 10.8. The van der Waals surface area contributed by atoms with Gasteiger partial charge in [-0.2, -0.15) is 0 Å². The van der Waals surface area contributed by atoms with Crippen LogP contribution in [0.5, 0.6) is 0 Å². The molecule has 104 valence electrons. The molecule has 9 heteroatoms.